The Labute approximate surface area is 186 Å². The van der Waals surface area contributed by atoms with Crippen LogP contribution in [0.4, 0.5) is 17.6 Å². The zero-order chi connectivity index (χ0) is 22.9. The van der Waals surface area contributed by atoms with Crippen LogP contribution in [0.15, 0.2) is 24.3 Å². The molecule has 0 fully saturated rings. The number of aromatic carboxylic acids is 2. The van der Waals surface area contributed by atoms with E-state index in [1.165, 1.54) is 7.11 Å². The molecule has 0 aliphatic heterocycles. The summed E-state index contributed by atoms with van der Waals surface area (Å²) in [6.45, 7) is 0. The second kappa shape index (κ2) is 12.7. The number of ether oxygens (including phenoxy) is 1. The number of halogens is 7. The molecule has 2 aromatic rings. The van der Waals surface area contributed by atoms with Crippen LogP contribution >= 0.6 is 47.3 Å². The Balaban J connectivity index is 0.000000459. The summed E-state index contributed by atoms with van der Waals surface area (Å²) in [6.07, 6.45) is 0. The lowest BCUT2D eigenvalue weighted by Crippen LogP contribution is -2.02. The topological polar surface area (TPSA) is 104 Å². The first kappa shape index (κ1) is 27.2. The van der Waals surface area contributed by atoms with Crippen molar-refractivity contribution in [1.29, 1.82) is 0 Å². The summed E-state index contributed by atoms with van der Waals surface area (Å²) in [5.74, 6) is -8.79. The average molecular weight is 613 g/mol. The molecule has 0 aliphatic rings. The smallest absolute Gasteiger partial charge is 0.369 e. The van der Waals surface area contributed by atoms with Gasteiger partial charge in [0.05, 0.1) is 7.11 Å². The van der Waals surface area contributed by atoms with Crippen LogP contribution in [0, 0.1) is 23.3 Å². The Kier molecular flexibility index (Phi) is 11.9. The van der Waals surface area contributed by atoms with Crippen LogP contribution in [0.2, 0.25) is 0 Å². The van der Waals surface area contributed by atoms with Crippen molar-refractivity contribution in [3.8, 4) is 11.5 Å². The van der Waals surface area contributed by atoms with Crippen LogP contribution in [-0.2, 0) is 0 Å². The maximum absolute atomic E-state index is 12.6. The first-order valence-corrected chi connectivity index (χ1v) is 9.66. The van der Waals surface area contributed by atoms with E-state index in [0.717, 1.165) is 0 Å². The molecule has 0 bridgehead atoms. The zero-order valence-corrected chi connectivity index (χ0v) is 18.9. The Morgan fingerprint density at radius 3 is 1.55 bits per heavy atom. The number of hydrogen-bond donors (Lipinski definition) is 3. The fraction of sp³-hybridized carbons (Fsp3) is 0.0667. The lowest BCUT2D eigenvalue weighted by molar-refractivity contribution is 0.0681. The van der Waals surface area contributed by atoms with Gasteiger partial charge in [-0.1, -0.05) is 0 Å². The Morgan fingerprint density at radius 1 is 0.828 bits per heavy atom. The highest BCUT2D eigenvalue weighted by molar-refractivity contribution is 9.69. The quantitative estimate of drug-likeness (QED) is 0.326. The van der Waals surface area contributed by atoms with Gasteiger partial charge in [0.15, 0.2) is 23.3 Å². The van der Waals surface area contributed by atoms with Crippen molar-refractivity contribution in [2.75, 3.05) is 7.11 Å². The molecule has 2 rings (SSSR count). The molecule has 3 N–H and O–H groups in total. The van der Waals surface area contributed by atoms with Crippen molar-refractivity contribution in [3.63, 3.8) is 0 Å². The molecular formula is C15H10BBr3F4O6. The number of rotatable bonds is 3. The van der Waals surface area contributed by atoms with E-state index in [4.69, 9.17) is 15.3 Å². The molecule has 0 atom stereocenters. The molecule has 0 amide bonds. The van der Waals surface area contributed by atoms with Crippen LogP contribution in [0.3, 0.4) is 0 Å². The third-order valence-corrected chi connectivity index (χ3v) is 2.74. The second-order valence-corrected chi connectivity index (χ2v) is 11.0. The minimum Gasteiger partial charge on any atom is -0.507 e. The van der Waals surface area contributed by atoms with Crippen molar-refractivity contribution in [2.45, 2.75) is 0 Å². The number of benzene rings is 2. The number of hydrogen-bond acceptors (Lipinski definition) is 4. The van der Waals surface area contributed by atoms with Crippen LogP contribution in [0.25, 0.3) is 0 Å². The van der Waals surface area contributed by atoms with E-state index in [9.17, 15) is 27.2 Å². The second-order valence-electron chi connectivity index (χ2n) is 4.61. The van der Waals surface area contributed by atoms with Gasteiger partial charge >= 0.3 is 15.1 Å². The summed E-state index contributed by atoms with van der Waals surface area (Å²) in [7, 11) is 1.18. The van der Waals surface area contributed by atoms with Gasteiger partial charge in [-0.25, -0.2) is 27.2 Å². The summed E-state index contributed by atoms with van der Waals surface area (Å²) in [6, 6.07) is 2.11. The summed E-state index contributed by atoms with van der Waals surface area (Å²) in [5.41, 5.74) is -1.06. The average Bonchev–Trinajstić information content (AvgIpc) is 2.59. The predicted molar refractivity (Wildman–Crippen MR) is 107 cm³/mol. The maximum Gasteiger partial charge on any atom is 0.369 e. The monoisotopic (exact) mass is 610 g/mol. The highest BCUT2D eigenvalue weighted by Crippen LogP contribution is 2.22. The zero-order valence-electron chi connectivity index (χ0n) is 14.1. The molecule has 14 heteroatoms. The standard InChI is InChI=1S/C8H6F2O3.C7H4F2O3.BBr3/c1-13-7-3-6(10)5(9)2-4(7)8(11)12;8-4-1-3(7(11)12)6(10)2-5(4)9;2-1(3)4/h2-3H,1H3,(H,11,12);1-2,10H,(H,11,12);. The molecule has 0 radical (unpaired) electrons. The molecule has 0 saturated heterocycles. The molecule has 0 unspecified atom stereocenters. The minimum absolute atomic E-state index is 0.202. The Hall–Kier alpha value is -1.80. The Bertz CT molecular complexity index is 883. The Morgan fingerprint density at radius 2 is 1.17 bits per heavy atom. The fourth-order valence-electron chi connectivity index (χ4n) is 1.57. The van der Waals surface area contributed by atoms with Gasteiger partial charge in [-0.3, -0.25) is 0 Å². The van der Waals surface area contributed by atoms with Crippen molar-refractivity contribution in [1.82, 2.24) is 0 Å². The van der Waals surface area contributed by atoms with Crippen LogP contribution in [-0.4, -0.2) is 37.6 Å². The predicted octanol–water partition coefficient (Wildman–Crippen LogP) is 5.20. The maximum atomic E-state index is 12.6. The van der Waals surface area contributed by atoms with Crippen LogP contribution in [0.5, 0.6) is 11.5 Å². The van der Waals surface area contributed by atoms with E-state index in [2.05, 4.69) is 52.0 Å². The summed E-state index contributed by atoms with van der Waals surface area (Å²) >= 11 is 9.31. The van der Waals surface area contributed by atoms with Gasteiger partial charge in [0.25, 0.3) is 0 Å². The molecule has 0 spiro atoms. The number of carbonyl (C=O) groups is 2. The fourth-order valence-corrected chi connectivity index (χ4v) is 1.57. The molecule has 0 saturated carbocycles. The summed E-state index contributed by atoms with van der Waals surface area (Å²) < 4.78 is 54.6. The van der Waals surface area contributed by atoms with Gasteiger partial charge in [0, 0.05) is 12.1 Å². The molecule has 0 heterocycles. The first-order chi connectivity index (χ1) is 13.3. The molecule has 6 nitrogen and oxygen atoms in total. The van der Waals surface area contributed by atoms with E-state index < -0.39 is 52.1 Å². The highest BCUT2D eigenvalue weighted by Gasteiger charge is 2.15. The van der Waals surface area contributed by atoms with Gasteiger partial charge in [-0.15, -0.1) is 47.3 Å². The SMILES string of the molecule is BrB(Br)Br.COc1cc(F)c(F)cc1C(=O)O.O=C(O)c1cc(F)c(F)cc1O. The number of carboxylic acid groups (broad SMARTS) is 2. The number of phenols is 1. The molecular weight excluding hydrogens is 603 g/mol. The summed E-state index contributed by atoms with van der Waals surface area (Å²) in [5, 5.41) is 25.7. The lowest BCUT2D eigenvalue weighted by Gasteiger charge is -2.04. The van der Waals surface area contributed by atoms with Crippen molar-refractivity contribution < 1.29 is 47.2 Å². The summed E-state index contributed by atoms with van der Waals surface area (Å²) in [4.78, 5) is 20.7. The van der Waals surface area contributed by atoms with Gasteiger partial charge in [-0.2, -0.15) is 0 Å². The largest absolute Gasteiger partial charge is 0.507 e. The minimum atomic E-state index is -1.51. The third kappa shape index (κ3) is 9.50. The van der Waals surface area contributed by atoms with E-state index in [1.807, 2.05) is 0 Å². The van der Waals surface area contributed by atoms with Gasteiger partial charge in [0.2, 0.25) is 0 Å². The van der Waals surface area contributed by atoms with Crippen molar-refractivity contribution >= 4 is 62.4 Å². The van der Waals surface area contributed by atoms with Crippen molar-refractivity contribution in [3.05, 3.63) is 58.7 Å². The third-order valence-electron chi connectivity index (χ3n) is 2.74. The number of carboxylic acids is 2. The highest BCUT2D eigenvalue weighted by atomic mass is 79.9. The lowest BCUT2D eigenvalue weighted by atomic mass is 10.2. The molecule has 2 aromatic carbocycles. The first-order valence-electron chi connectivity index (χ1n) is 6.91. The van der Waals surface area contributed by atoms with Crippen LogP contribution in [0.1, 0.15) is 20.7 Å². The molecule has 0 aliphatic carbocycles. The molecule has 29 heavy (non-hydrogen) atoms. The van der Waals surface area contributed by atoms with E-state index in [0.29, 0.717) is 24.3 Å². The number of aromatic hydroxyl groups is 1. The van der Waals surface area contributed by atoms with Crippen molar-refractivity contribution in [2.24, 2.45) is 0 Å². The van der Waals surface area contributed by atoms with E-state index in [1.54, 1.807) is 0 Å². The normalized spacial score (nSPS) is 9.38. The van der Waals surface area contributed by atoms with E-state index in [-0.39, 0.29) is 8.93 Å². The van der Waals surface area contributed by atoms with Gasteiger partial charge in [0.1, 0.15) is 22.6 Å². The molecule has 0 aromatic heterocycles. The number of methoxy groups -OCH3 is 1. The molecule has 158 valence electrons. The van der Waals surface area contributed by atoms with Gasteiger partial charge < -0.3 is 20.1 Å². The van der Waals surface area contributed by atoms with Gasteiger partial charge in [-0.05, 0) is 12.1 Å². The van der Waals surface area contributed by atoms with Crippen LogP contribution < -0.4 is 4.74 Å². The van der Waals surface area contributed by atoms with E-state index >= 15 is 0 Å².